The van der Waals surface area contributed by atoms with E-state index in [9.17, 15) is 0 Å². The molecule has 0 atom stereocenters. The Hall–Kier alpha value is -0.160. The molecule has 0 aromatic rings. The lowest BCUT2D eigenvalue weighted by Gasteiger charge is -2.17. The summed E-state index contributed by atoms with van der Waals surface area (Å²) < 4.78 is 16.2. The van der Waals surface area contributed by atoms with Gasteiger partial charge in [0.15, 0.2) is 6.29 Å². The molecule has 0 saturated carbocycles. The lowest BCUT2D eigenvalue weighted by molar-refractivity contribution is -0.167. The van der Waals surface area contributed by atoms with Crippen molar-refractivity contribution < 1.29 is 14.2 Å². The Morgan fingerprint density at radius 3 is 2.13 bits per heavy atom. The van der Waals surface area contributed by atoms with E-state index in [1.807, 2.05) is 13.8 Å². The summed E-state index contributed by atoms with van der Waals surface area (Å²) in [5.74, 6) is 0. The minimum atomic E-state index is -0.209. The second-order valence-corrected chi connectivity index (χ2v) is 3.57. The van der Waals surface area contributed by atoms with Gasteiger partial charge in [-0.2, -0.15) is 0 Å². The van der Waals surface area contributed by atoms with Crippen LogP contribution in [0, 0.1) is 0 Å². The third-order valence-electron chi connectivity index (χ3n) is 1.85. The average molecular weight is 219 g/mol. The number of hydrogen-bond donors (Lipinski definition) is 0. The molecular formula is C11H25NO3. The highest BCUT2D eigenvalue weighted by molar-refractivity contribution is 4.45. The monoisotopic (exact) mass is 219 g/mol. The molecular weight excluding hydrogens is 194 g/mol. The molecule has 0 unspecified atom stereocenters. The van der Waals surface area contributed by atoms with Crippen LogP contribution in [-0.2, 0) is 14.2 Å². The van der Waals surface area contributed by atoms with E-state index in [2.05, 4.69) is 19.0 Å². The molecule has 4 nitrogen and oxygen atoms in total. The van der Waals surface area contributed by atoms with E-state index in [0.29, 0.717) is 19.8 Å². The molecule has 0 rings (SSSR count). The number of hydrogen-bond acceptors (Lipinski definition) is 4. The van der Waals surface area contributed by atoms with Crippen molar-refractivity contribution in [3.8, 4) is 0 Å². The van der Waals surface area contributed by atoms with E-state index in [4.69, 9.17) is 14.2 Å². The van der Waals surface area contributed by atoms with E-state index in [0.717, 1.165) is 19.6 Å². The van der Waals surface area contributed by atoms with Gasteiger partial charge in [0, 0.05) is 19.8 Å². The molecule has 0 aromatic carbocycles. The molecule has 0 N–H and O–H groups in total. The van der Waals surface area contributed by atoms with Crippen molar-refractivity contribution in [2.75, 3.05) is 47.1 Å². The number of rotatable bonds is 10. The minimum absolute atomic E-state index is 0.209. The zero-order chi connectivity index (χ0) is 11.5. The van der Waals surface area contributed by atoms with Crippen LogP contribution in [0.15, 0.2) is 0 Å². The SMILES string of the molecule is CCOC(COCCCN(C)C)OCC. The Balaban J connectivity index is 3.36. The maximum atomic E-state index is 5.47. The largest absolute Gasteiger partial charge is 0.376 e. The van der Waals surface area contributed by atoms with Crippen molar-refractivity contribution in [3.05, 3.63) is 0 Å². The highest BCUT2D eigenvalue weighted by Crippen LogP contribution is 1.97. The highest BCUT2D eigenvalue weighted by atomic mass is 16.7. The van der Waals surface area contributed by atoms with Crippen LogP contribution >= 0.6 is 0 Å². The van der Waals surface area contributed by atoms with E-state index in [1.165, 1.54) is 0 Å². The fraction of sp³-hybridized carbons (Fsp3) is 1.00. The predicted octanol–water partition coefficient (Wildman–Crippen LogP) is 1.35. The molecule has 0 radical (unpaired) electrons. The summed E-state index contributed by atoms with van der Waals surface area (Å²) in [5.41, 5.74) is 0. The van der Waals surface area contributed by atoms with Crippen LogP contribution in [0.5, 0.6) is 0 Å². The summed E-state index contributed by atoms with van der Waals surface area (Å²) in [5, 5.41) is 0. The Kier molecular flexibility index (Phi) is 10.3. The first-order chi connectivity index (χ1) is 7.20. The molecule has 4 heteroatoms. The zero-order valence-electron chi connectivity index (χ0n) is 10.5. The summed E-state index contributed by atoms with van der Waals surface area (Å²) in [6.45, 7) is 7.56. The first-order valence-electron chi connectivity index (χ1n) is 5.66. The summed E-state index contributed by atoms with van der Waals surface area (Å²) in [4.78, 5) is 2.14. The summed E-state index contributed by atoms with van der Waals surface area (Å²) in [6.07, 6.45) is 0.831. The Bertz CT molecular complexity index is 125. The quantitative estimate of drug-likeness (QED) is 0.410. The van der Waals surface area contributed by atoms with Crippen molar-refractivity contribution in [2.45, 2.75) is 26.6 Å². The summed E-state index contributed by atoms with van der Waals surface area (Å²) in [7, 11) is 4.12. The normalized spacial score (nSPS) is 11.6. The van der Waals surface area contributed by atoms with Crippen LogP contribution in [0.1, 0.15) is 20.3 Å². The molecule has 0 fully saturated rings. The third-order valence-corrected chi connectivity index (χ3v) is 1.85. The third kappa shape index (κ3) is 10.1. The van der Waals surface area contributed by atoms with Gasteiger partial charge in [0.05, 0.1) is 6.61 Å². The van der Waals surface area contributed by atoms with Crippen molar-refractivity contribution in [1.82, 2.24) is 4.90 Å². The molecule has 0 saturated heterocycles. The van der Waals surface area contributed by atoms with E-state index < -0.39 is 0 Å². The fourth-order valence-corrected chi connectivity index (χ4v) is 1.18. The zero-order valence-corrected chi connectivity index (χ0v) is 10.5. The van der Waals surface area contributed by atoms with E-state index >= 15 is 0 Å². The van der Waals surface area contributed by atoms with Crippen molar-refractivity contribution >= 4 is 0 Å². The van der Waals surface area contributed by atoms with Gasteiger partial charge in [0.1, 0.15) is 0 Å². The van der Waals surface area contributed by atoms with Crippen LogP contribution in [0.25, 0.3) is 0 Å². The van der Waals surface area contributed by atoms with Crippen LogP contribution in [0.2, 0.25) is 0 Å². The van der Waals surface area contributed by atoms with Gasteiger partial charge in [-0.1, -0.05) is 0 Å². The highest BCUT2D eigenvalue weighted by Gasteiger charge is 2.07. The molecule has 0 aliphatic carbocycles. The molecule has 0 aliphatic heterocycles. The topological polar surface area (TPSA) is 30.9 Å². The van der Waals surface area contributed by atoms with Gasteiger partial charge in [0.25, 0.3) is 0 Å². The maximum absolute atomic E-state index is 5.47. The van der Waals surface area contributed by atoms with E-state index in [1.54, 1.807) is 0 Å². The smallest absolute Gasteiger partial charge is 0.180 e. The van der Waals surface area contributed by atoms with Gasteiger partial charge in [-0.05, 0) is 40.9 Å². The Morgan fingerprint density at radius 2 is 1.67 bits per heavy atom. The Morgan fingerprint density at radius 1 is 1.07 bits per heavy atom. The lowest BCUT2D eigenvalue weighted by atomic mass is 10.4. The number of nitrogens with zero attached hydrogens (tertiary/aromatic N) is 1. The van der Waals surface area contributed by atoms with Crippen LogP contribution in [-0.4, -0.2) is 58.3 Å². The molecule has 92 valence electrons. The van der Waals surface area contributed by atoms with Crippen molar-refractivity contribution in [3.63, 3.8) is 0 Å². The van der Waals surface area contributed by atoms with Crippen LogP contribution < -0.4 is 0 Å². The van der Waals surface area contributed by atoms with Crippen molar-refractivity contribution in [1.29, 1.82) is 0 Å². The van der Waals surface area contributed by atoms with Gasteiger partial charge < -0.3 is 19.1 Å². The summed E-state index contributed by atoms with van der Waals surface area (Å²) >= 11 is 0. The first kappa shape index (κ1) is 14.8. The second kappa shape index (κ2) is 10.4. The first-order valence-corrected chi connectivity index (χ1v) is 5.66. The molecule has 15 heavy (non-hydrogen) atoms. The van der Waals surface area contributed by atoms with Crippen molar-refractivity contribution in [2.24, 2.45) is 0 Å². The molecule has 0 heterocycles. The fourth-order valence-electron chi connectivity index (χ4n) is 1.18. The molecule has 0 spiro atoms. The lowest BCUT2D eigenvalue weighted by Crippen LogP contribution is -2.24. The maximum Gasteiger partial charge on any atom is 0.180 e. The number of ether oxygens (including phenoxy) is 3. The molecule has 0 aromatic heterocycles. The van der Waals surface area contributed by atoms with Gasteiger partial charge in [0.2, 0.25) is 0 Å². The van der Waals surface area contributed by atoms with Gasteiger partial charge in [-0.25, -0.2) is 0 Å². The molecule has 0 bridgehead atoms. The van der Waals surface area contributed by atoms with Gasteiger partial charge >= 0.3 is 0 Å². The Labute approximate surface area is 93.5 Å². The summed E-state index contributed by atoms with van der Waals surface area (Å²) in [6, 6.07) is 0. The van der Waals surface area contributed by atoms with Crippen LogP contribution in [0.3, 0.4) is 0 Å². The second-order valence-electron chi connectivity index (χ2n) is 3.57. The average Bonchev–Trinajstić information content (AvgIpc) is 2.17. The van der Waals surface area contributed by atoms with Crippen LogP contribution in [0.4, 0.5) is 0 Å². The van der Waals surface area contributed by atoms with E-state index in [-0.39, 0.29) is 6.29 Å². The molecule has 0 amide bonds. The van der Waals surface area contributed by atoms with Gasteiger partial charge in [-0.15, -0.1) is 0 Å². The molecule has 0 aliphatic rings. The minimum Gasteiger partial charge on any atom is -0.376 e. The standard InChI is InChI=1S/C11H25NO3/c1-5-14-11(15-6-2)10-13-9-7-8-12(3)4/h11H,5-10H2,1-4H3. The predicted molar refractivity (Wildman–Crippen MR) is 61.0 cm³/mol. The van der Waals surface area contributed by atoms with Gasteiger partial charge in [-0.3, -0.25) is 0 Å².